The van der Waals surface area contributed by atoms with Crippen LogP contribution in [0.15, 0.2) is 79.6 Å². The minimum atomic E-state index is -0.591. The highest BCUT2D eigenvalue weighted by molar-refractivity contribution is 6.00. The summed E-state index contributed by atoms with van der Waals surface area (Å²) in [6.07, 6.45) is 8.77. The van der Waals surface area contributed by atoms with Crippen LogP contribution in [0.25, 0.3) is 16.9 Å². The van der Waals surface area contributed by atoms with Crippen molar-refractivity contribution in [1.82, 2.24) is 24.3 Å². The molecule has 2 amide bonds. The van der Waals surface area contributed by atoms with Crippen molar-refractivity contribution in [1.29, 1.82) is 0 Å². The number of benzene rings is 2. The second kappa shape index (κ2) is 9.94. The topological polar surface area (TPSA) is 98.9 Å². The fraction of sp³-hybridized carbons (Fsp3) is 0.111. The van der Waals surface area contributed by atoms with Gasteiger partial charge in [-0.1, -0.05) is 0 Å². The van der Waals surface area contributed by atoms with Crippen molar-refractivity contribution < 1.29 is 13.9 Å². The summed E-state index contributed by atoms with van der Waals surface area (Å²) in [6, 6.07) is 12.6. The van der Waals surface area contributed by atoms with Gasteiger partial charge in [-0.25, -0.2) is 14.2 Å². The number of nitrogens with zero attached hydrogens (tertiary/aromatic N) is 5. The molecule has 0 saturated heterocycles. The summed E-state index contributed by atoms with van der Waals surface area (Å²) in [5.41, 5.74) is 4.75. The van der Waals surface area contributed by atoms with Gasteiger partial charge in [-0.2, -0.15) is 5.10 Å². The Morgan fingerprint density at radius 1 is 0.973 bits per heavy atom. The fourth-order valence-corrected chi connectivity index (χ4v) is 3.82. The molecule has 37 heavy (non-hydrogen) atoms. The van der Waals surface area contributed by atoms with Crippen LogP contribution in [-0.2, 0) is 7.05 Å². The first kappa shape index (κ1) is 23.7. The van der Waals surface area contributed by atoms with Gasteiger partial charge in [-0.3, -0.25) is 9.67 Å². The van der Waals surface area contributed by atoms with E-state index in [4.69, 9.17) is 4.74 Å². The lowest BCUT2D eigenvalue weighted by molar-refractivity contribution is 0.262. The number of carbonyl (C=O) groups is 1. The molecule has 0 aliphatic rings. The number of hydrogen-bond acceptors (Lipinski definition) is 5. The molecule has 10 heteroatoms. The molecule has 0 fully saturated rings. The lowest BCUT2D eigenvalue weighted by Crippen LogP contribution is -2.20. The Labute approximate surface area is 212 Å². The number of rotatable bonds is 6. The number of pyridine rings is 1. The summed E-state index contributed by atoms with van der Waals surface area (Å²) in [5.74, 6) is 0.276. The summed E-state index contributed by atoms with van der Waals surface area (Å²) in [5, 5.41) is 9.48. The number of aryl methyl sites for hydroxylation is 3. The molecular weight excluding hydrogens is 473 g/mol. The molecule has 2 N–H and O–H groups in total. The second-order valence-electron chi connectivity index (χ2n) is 8.58. The first-order chi connectivity index (χ1) is 17.8. The van der Waals surface area contributed by atoms with Crippen molar-refractivity contribution in [3.63, 3.8) is 0 Å². The van der Waals surface area contributed by atoms with Gasteiger partial charge in [0.25, 0.3) is 0 Å². The van der Waals surface area contributed by atoms with Crippen LogP contribution < -0.4 is 15.4 Å². The van der Waals surface area contributed by atoms with E-state index in [1.807, 2.05) is 56.1 Å². The van der Waals surface area contributed by atoms with E-state index in [9.17, 15) is 9.18 Å². The Morgan fingerprint density at radius 3 is 2.57 bits per heavy atom. The zero-order valence-electron chi connectivity index (χ0n) is 20.4. The largest absolute Gasteiger partial charge is 0.457 e. The van der Waals surface area contributed by atoms with E-state index < -0.39 is 11.8 Å². The van der Waals surface area contributed by atoms with Crippen molar-refractivity contribution in [2.45, 2.75) is 13.8 Å². The molecule has 0 bridgehead atoms. The van der Waals surface area contributed by atoms with E-state index in [0.29, 0.717) is 22.9 Å². The van der Waals surface area contributed by atoms with Crippen LogP contribution in [0.1, 0.15) is 11.3 Å². The third kappa shape index (κ3) is 5.64. The van der Waals surface area contributed by atoms with Crippen LogP contribution in [0.3, 0.4) is 0 Å². The molecule has 0 radical (unpaired) electrons. The Kier molecular flexibility index (Phi) is 6.38. The van der Waals surface area contributed by atoms with Gasteiger partial charge < -0.3 is 19.9 Å². The highest BCUT2D eigenvalue weighted by Crippen LogP contribution is 2.29. The Balaban J connectivity index is 1.30. The molecule has 186 valence electrons. The Bertz CT molecular complexity index is 1590. The molecule has 0 aliphatic heterocycles. The number of anilines is 2. The molecule has 0 atom stereocenters. The summed E-state index contributed by atoms with van der Waals surface area (Å²) in [6.45, 7) is 3.83. The van der Waals surface area contributed by atoms with Crippen molar-refractivity contribution in [3.8, 4) is 28.4 Å². The van der Waals surface area contributed by atoms with Crippen molar-refractivity contribution in [3.05, 3.63) is 96.7 Å². The number of hydrogen-bond donors (Lipinski definition) is 2. The molecule has 0 unspecified atom stereocenters. The number of halogens is 1. The molecule has 3 aromatic heterocycles. The highest BCUT2D eigenvalue weighted by Gasteiger charge is 2.12. The number of nitrogens with one attached hydrogen (secondary N) is 2. The van der Waals surface area contributed by atoms with Gasteiger partial charge in [0.15, 0.2) is 0 Å². The van der Waals surface area contributed by atoms with Gasteiger partial charge in [0, 0.05) is 54.7 Å². The van der Waals surface area contributed by atoms with Crippen LogP contribution in [0.5, 0.6) is 11.5 Å². The molecule has 3 heterocycles. The maximum absolute atomic E-state index is 14.5. The number of ether oxygens (including phenoxy) is 1. The SMILES string of the molecule is Cc1cc(NC(=O)Nc2cc(Oc3ccnc(-c4cnn(C)c4)c3)ccc2F)cc(-n2cnc(C)c2)c1. The monoisotopic (exact) mass is 497 g/mol. The molecular formula is C27H24FN7O2. The second-order valence-corrected chi connectivity index (χ2v) is 8.58. The van der Waals surface area contributed by atoms with E-state index in [1.165, 1.54) is 18.2 Å². The first-order valence-corrected chi connectivity index (χ1v) is 11.5. The number of urea groups is 1. The predicted molar refractivity (Wildman–Crippen MR) is 139 cm³/mol. The van der Waals surface area contributed by atoms with Gasteiger partial charge in [-0.05, 0) is 55.8 Å². The summed E-state index contributed by atoms with van der Waals surface area (Å²) in [7, 11) is 1.82. The summed E-state index contributed by atoms with van der Waals surface area (Å²) >= 11 is 0. The van der Waals surface area contributed by atoms with E-state index in [-0.39, 0.29) is 5.69 Å². The summed E-state index contributed by atoms with van der Waals surface area (Å²) < 4.78 is 24.0. The third-order valence-corrected chi connectivity index (χ3v) is 5.48. The zero-order chi connectivity index (χ0) is 25.9. The van der Waals surface area contributed by atoms with Crippen molar-refractivity contribution in [2.75, 3.05) is 10.6 Å². The smallest absolute Gasteiger partial charge is 0.323 e. The Morgan fingerprint density at radius 2 is 1.81 bits per heavy atom. The molecule has 0 aliphatic carbocycles. The van der Waals surface area contributed by atoms with Crippen molar-refractivity contribution in [2.24, 2.45) is 7.05 Å². The third-order valence-electron chi connectivity index (χ3n) is 5.48. The number of imidazole rings is 1. The van der Waals surface area contributed by atoms with Crippen LogP contribution in [0.2, 0.25) is 0 Å². The lowest BCUT2D eigenvalue weighted by Gasteiger charge is -2.13. The van der Waals surface area contributed by atoms with Crippen molar-refractivity contribution >= 4 is 17.4 Å². The van der Waals surface area contributed by atoms with Gasteiger partial charge >= 0.3 is 6.03 Å². The van der Waals surface area contributed by atoms with Gasteiger partial charge in [0.05, 0.1) is 29.6 Å². The normalized spacial score (nSPS) is 10.8. The maximum atomic E-state index is 14.5. The molecule has 0 saturated carbocycles. The number of carbonyl (C=O) groups excluding carboxylic acids is 1. The highest BCUT2D eigenvalue weighted by atomic mass is 19.1. The van der Waals surface area contributed by atoms with Gasteiger partial charge in [0.1, 0.15) is 17.3 Å². The standard InChI is InChI=1S/C27H24FN7O2/c1-17-8-20(10-21(9-17)35-14-18(2)30-16-35)32-27(36)33-26-12-22(4-5-24(26)28)37-23-6-7-29-25(11-23)19-13-31-34(3)15-19/h4-16H,1-3H3,(H2,32,33,36). The quantitative estimate of drug-likeness (QED) is 0.306. The number of amides is 2. The van der Waals surface area contributed by atoms with Crippen LogP contribution >= 0.6 is 0 Å². The van der Waals surface area contributed by atoms with Gasteiger partial charge in [0.2, 0.25) is 0 Å². The maximum Gasteiger partial charge on any atom is 0.323 e. The average Bonchev–Trinajstić information content (AvgIpc) is 3.49. The van der Waals surface area contributed by atoms with E-state index in [2.05, 4.69) is 25.7 Å². The molecule has 5 aromatic rings. The Hall–Kier alpha value is -4.99. The summed E-state index contributed by atoms with van der Waals surface area (Å²) in [4.78, 5) is 21.3. The predicted octanol–water partition coefficient (Wildman–Crippen LogP) is 5.86. The van der Waals surface area contributed by atoms with E-state index in [1.54, 1.807) is 35.5 Å². The van der Waals surface area contributed by atoms with Crippen LogP contribution in [-0.4, -0.2) is 30.3 Å². The van der Waals surface area contributed by atoms with E-state index in [0.717, 1.165) is 22.5 Å². The van der Waals surface area contributed by atoms with E-state index >= 15 is 0 Å². The van der Waals surface area contributed by atoms with Crippen LogP contribution in [0, 0.1) is 19.7 Å². The lowest BCUT2D eigenvalue weighted by atomic mass is 10.2. The molecule has 9 nitrogen and oxygen atoms in total. The first-order valence-electron chi connectivity index (χ1n) is 11.5. The minimum absolute atomic E-state index is 0.0188. The molecule has 2 aromatic carbocycles. The fourth-order valence-electron chi connectivity index (χ4n) is 3.82. The average molecular weight is 498 g/mol. The molecule has 0 spiro atoms. The number of aromatic nitrogens is 5. The zero-order valence-corrected chi connectivity index (χ0v) is 20.4. The minimum Gasteiger partial charge on any atom is -0.457 e. The molecule has 5 rings (SSSR count). The van der Waals surface area contributed by atoms with Crippen LogP contribution in [0.4, 0.5) is 20.6 Å². The van der Waals surface area contributed by atoms with Gasteiger partial charge in [-0.15, -0.1) is 0 Å².